The zero-order valence-electron chi connectivity index (χ0n) is 18.2. The second-order valence-electron chi connectivity index (χ2n) is 7.49. The van der Waals surface area contributed by atoms with Crippen LogP contribution in [0.4, 0.5) is 17.1 Å². The smallest absolute Gasteiger partial charge is 0.127 e. The van der Waals surface area contributed by atoms with E-state index in [1.54, 1.807) is 0 Å². The summed E-state index contributed by atoms with van der Waals surface area (Å²) in [7, 11) is 0. The van der Waals surface area contributed by atoms with E-state index in [1.165, 1.54) is 16.3 Å². The highest BCUT2D eigenvalue weighted by molar-refractivity contribution is 5.89. The van der Waals surface area contributed by atoms with Crippen LogP contribution >= 0.6 is 0 Å². The molecular formula is C29H27NO. The first kappa shape index (κ1) is 20.5. The summed E-state index contributed by atoms with van der Waals surface area (Å²) in [6, 6.07) is 31.9. The standard InChI is InChI=1S/C29H27NO/c1-4-8-28(5-2)31-29-19-17-26(18-20-29)30(25-14-11-22(3)12-15-25)27-16-13-23-9-6-7-10-24(23)21-27/h4-21H,1-3H3. The van der Waals surface area contributed by atoms with Crippen molar-refractivity contribution in [1.29, 1.82) is 0 Å². The maximum Gasteiger partial charge on any atom is 0.127 e. The first-order valence-corrected chi connectivity index (χ1v) is 10.6. The van der Waals surface area contributed by atoms with E-state index in [4.69, 9.17) is 4.74 Å². The van der Waals surface area contributed by atoms with Crippen LogP contribution in [0.15, 0.2) is 115 Å². The minimum Gasteiger partial charge on any atom is -0.458 e. The lowest BCUT2D eigenvalue weighted by atomic mass is 10.1. The van der Waals surface area contributed by atoms with E-state index in [2.05, 4.69) is 90.7 Å². The molecule has 0 saturated carbocycles. The molecule has 4 aromatic carbocycles. The molecule has 154 valence electrons. The summed E-state index contributed by atoms with van der Waals surface area (Å²) < 4.78 is 5.98. The van der Waals surface area contributed by atoms with Crippen LogP contribution in [0.2, 0.25) is 0 Å². The predicted octanol–water partition coefficient (Wildman–Crippen LogP) is 8.48. The van der Waals surface area contributed by atoms with E-state index < -0.39 is 0 Å². The van der Waals surface area contributed by atoms with Crippen molar-refractivity contribution in [1.82, 2.24) is 0 Å². The third kappa shape index (κ3) is 4.70. The van der Waals surface area contributed by atoms with Gasteiger partial charge < -0.3 is 9.64 Å². The second-order valence-corrected chi connectivity index (χ2v) is 7.49. The van der Waals surface area contributed by atoms with Crippen molar-refractivity contribution in [3.05, 3.63) is 121 Å². The number of hydrogen-bond donors (Lipinski definition) is 0. The normalized spacial score (nSPS) is 11.8. The number of hydrogen-bond acceptors (Lipinski definition) is 2. The summed E-state index contributed by atoms with van der Waals surface area (Å²) in [5, 5.41) is 2.46. The zero-order valence-corrected chi connectivity index (χ0v) is 18.2. The van der Waals surface area contributed by atoms with Gasteiger partial charge in [0.2, 0.25) is 0 Å². The van der Waals surface area contributed by atoms with Gasteiger partial charge >= 0.3 is 0 Å². The molecule has 0 amide bonds. The largest absolute Gasteiger partial charge is 0.458 e. The van der Waals surface area contributed by atoms with Crippen molar-refractivity contribution >= 4 is 27.8 Å². The van der Waals surface area contributed by atoms with E-state index in [9.17, 15) is 0 Å². The molecular weight excluding hydrogens is 378 g/mol. The molecule has 0 atom stereocenters. The van der Waals surface area contributed by atoms with Gasteiger partial charge in [-0.05, 0) is 92.2 Å². The molecule has 4 rings (SSSR count). The van der Waals surface area contributed by atoms with Crippen molar-refractivity contribution in [3.8, 4) is 5.75 Å². The number of allylic oxidation sites excluding steroid dienone is 3. The second kappa shape index (κ2) is 9.36. The molecule has 4 aromatic rings. The van der Waals surface area contributed by atoms with Gasteiger partial charge in [0.05, 0.1) is 0 Å². The van der Waals surface area contributed by atoms with Gasteiger partial charge in [0.25, 0.3) is 0 Å². The third-order valence-corrected chi connectivity index (χ3v) is 5.23. The topological polar surface area (TPSA) is 12.5 Å². The highest BCUT2D eigenvalue weighted by Gasteiger charge is 2.13. The van der Waals surface area contributed by atoms with E-state index in [0.29, 0.717) is 0 Å². The number of anilines is 3. The Bertz CT molecular complexity index is 1220. The molecule has 0 fully saturated rings. The lowest BCUT2D eigenvalue weighted by Gasteiger charge is -2.26. The van der Waals surface area contributed by atoms with Crippen LogP contribution in [-0.2, 0) is 0 Å². The lowest BCUT2D eigenvalue weighted by Crippen LogP contribution is -2.09. The Morgan fingerprint density at radius 3 is 1.97 bits per heavy atom. The quantitative estimate of drug-likeness (QED) is 0.235. The molecule has 0 unspecified atom stereocenters. The van der Waals surface area contributed by atoms with Crippen LogP contribution in [0.1, 0.15) is 19.4 Å². The van der Waals surface area contributed by atoms with E-state index in [1.807, 2.05) is 44.2 Å². The van der Waals surface area contributed by atoms with Gasteiger partial charge in [-0.1, -0.05) is 54.1 Å². The Labute approximate surface area is 184 Å². The average molecular weight is 406 g/mol. The Morgan fingerprint density at radius 1 is 0.710 bits per heavy atom. The van der Waals surface area contributed by atoms with Crippen LogP contribution < -0.4 is 9.64 Å². The van der Waals surface area contributed by atoms with E-state index in [0.717, 1.165) is 28.6 Å². The molecule has 2 nitrogen and oxygen atoms in total. The molecule has 0 radical (unpaired) electrons. The van der Waals surface area contributed by atoms with Crippen molar-refractivity contribution in [2.75, 3.05) is 4.90 Å². The van der Waals surface area contributed by atoms with Crippen molar-refractivity contribution in [3.63, 3.8) is 0 Å². The molecule has 31 heavy (non-hydrogen) atoms. The Kier molecular flexibility index (Phi) is 6.18. The first-order chi connectivity index (χ1) is 15.2. The van der Waals surface area contributed by atoms with Gasteiger partial charge in [0.15, 0.2) is 0 Å². The molecule has 0 aliphatic rings. The fourth-order valence-corrected chi connectivity index (χ4v) is 3.61. The van der Waals surface area contributed by atoms with E-state index in [-0.39, 0.29) is 0 Å². The van der Waals surface area contributed by atoms with Gasteiger partial charge in [0.1, 0.15) is 11.5 Å². The summed E-state index contributed by atoms with van der Waals surface area (Å²) >= 11 is 0. The molecule has 0 spiro atoms. The van der Waals surface area contributed by atoms with Crippen LogP contribution in [0.5, 0.6) is 5.75 Å². The highest BCUT2D eigenvalue weighted by Crippen LogP contribution is 2.37. The molecule has 0 saturated heterocycles. The summed E-state index contributed by atoms with van der Waals surface area (Å²) in [4.78, 5) is 2.28. The maximum atomic E-state index is 5.98. The third-order valence-electron chi connectivity index (χ3n) is 5.23. The first-order valence-electron chi connectivity index (χ1n) is 10.6. The van der Waals surface area contributed by atoms with Crippen LogP contribution in [0.3, 0.4) is 0 Å². The van der Waals surface area contributed by atoms with Crippen molar-refractivity contribution in [2.24, 2.45) is 0 Å². The van der Waals surface area contributed by atoms with Crippen molar-refractivity contribution in [2.45, 2.75) is 20.8 Å². The number of nitrogens with zero attached hydrogens (tertiary/aromatic N) is 1. The highest BCUT2D eigenvalue weighted by atomic mass is 16.5. The summed E-state index contributed by atoms with van der Waals surface area (Å²) in [5.74, 6) is 1.65. The van der Waals surface area contributed by atoms with Gasteiger partial charge in [-0.2, -0.15) is 0 Å². The van der Waals surface area contributed by atoms with Crippen molar-refractivity contribution < 1.29 is 4.74 Å². The summed E-state index contributed by atoms with van der Waals surface area (Å²) in [6.45, 7) is 6.07. The lowest BCUT2D eigenvalue weighted by molar-refractivity contribution is 0.443. The van der Waals surface area contributed by atoms with Gasteiger partial charge in [0, 0.05) is 17.1 Å². The summed E-state index contributed by atoms with van der Waals surface area (Å²) in [5.41, 5.74) is 4.57. The fraction of sp³-hybridized carbons (Fsp3) is 0.103. The van der Waals surface area contributed by atoms with Gasteiger partial charge in [-0.15, -0.1) is 0 Å². The molecule has 0 heterocycles. The molecule has 2 heteroatoms. The minimum atomic E-state index is 0.817. The molecule has 0 bridgehead atoms. The average Bonchev–Trinajstić information content (AvgIpc) is 2.81. The van der Waals surface area contributed by atoms with Crippen LogP contribution in [-0.4, -0.2) is 0 Å². The Balaban J connectivity index is 1.74. The number of fused-ring (bicyclic) bond motifs is 1. The van der Waals surface area contributed by atoms with Gasteiger partial charge in [-0.3, -0.25) is 0 Å². The number of ether oxygens (including phenoxy) is 1. The number of aryl methyl sites for hydroxylation is 1. The Hall–Kier alpha value is -3.78. The van der Waals surface area contributed by atoms with Crippen LogP contribution in [0.25, 0.3) is 10.8 Å². The molecule has 0 aromatic heterocycles. The van der Waals surface area contributed by atoms with E-state index >= 15 is 0 Å². The number of rotatable bonds is 6. The number of benzene rings is 4. The molecule has 0 aliphatic carbocycles. The Morgan fingerprint density at radius 2 is 1.32 bits per heavy atom. The minimum absolute atomic E-state index is 0.817. The van der Waals surface area contributed by atoms with Gasteiger partial charge in [-0.25, -0.2) is 0 Å². The maximum absolute atomic E-state index is 5.98. The predicted molar refractivity (Wildman–Crippen MR) is 133 cm³/mol. The molecule has 0 aliphatic heterocycles. The van der Waals surface area contributed by atoms with Crippen LogP contribution in [0, 0.1) is 6.92 Å². The molecule has 0 N–H and O–H groups in total. The SMILES string of the molecule is CC=CC(=CC)Oc1ccc(N(c2ccc(C)cc2)c2ccc3ccccc3c2)cc1. The zero-order chi connectivity index (χ0) is 21.6. The fourth-order valence-electron chi connectivity index (χ4n) is 3.61. The monoisotopic (exact) mass is 405 g/mol. The summed E-state index contributed by atoms with van der Waals surface area (Å²) in [6.07, 6.45) is 5.89.